The summed E-state index contributed by atoms with van der Waals surface area (Å²) in [5.41, 5.74) is 1.38. The molecule has 0 spiro atoms. The molecule has 96 valence electrons. The minimum atomic E-state index is 0.132. The normalized spacial score (nSPS) is 30.2. The van der Waals surface area contributed by atoms with Gasteiger partial charge < -0.3 is 4.90 Å². The van der Waals surface area contributed by atoms with Gasteiger partial charge in [-0.25, -0.2) is 0 Å². The van der Waals surface area contributed by atoms with Gasteiger partial charge in [0.25, 0.3) is 0 Å². The number of hydrogen-bond donors (Lipinski definition) is 0. The van der Waals surface area contributed by atoms with Crippen molar-refractivity contribution in [1.29, 1.82) is 0 Å². The van der Waals surface area contributed by atoms with Gasteiger partial charge in [0.05, 0.1) is 0 Å². The van der Waals surface area contributed by atoms with Crippen LogP contribution in [0, 0.1) is 11.3 Å². The highest BCUT2D eigenvalue weighted by molar-refractivity contribution is 5.94. The van der Waals surface area contributed by atoms with Crippen LogP contribution in [0.3, 0.4) is 0 Å². The molecular weight excluding hydrogens is 210 g/mol. The first-order valence-electron chi connectivity index (χ1n) is 6.92. The van der Waals surface area contributed by atoms with Gasteiger partial charge in [0, 0.05) is 12.5 Å². The molecule has 1 aliphatic carbocycles. The smallest absolute Gasteiger partial charge is 0.160 e. The molecule has 0 amide bonds. The molecule has 0 aromatic rings. The molecule has 1 heterocycles. The SMILES string of the molecule is CC1=CC(=O)C(CN2CCCCC2)C(C)(C)C1. The van der Waals surface area contributed by atoms with E-state index in [1.54, 1.807) is 0 Å². The Balaban J connectivity index is 2.05. The average molecular weight is 235 g/mol. The molecule has 0 radical (unpaired) electrons. The summed E-state index contributed by atoms with van der Waals surface area (Å²) < 4.78 is 0. The van der Waals surface area contributed by atoms with Crippen molar-refractivity contribution in [3.05, 3.63) is 11.6 Å². The van der Waals surface area contributed by atoms with E-state index in [0.29, 0.717) is 5.78 Å². The van der Waals surface area contributed by atoms with E-state index >= 15 is 0 Å². The van der Waals surface area contributed by atoms with Gasteiger partial charge in [-0.2, -0.15) is 0 Å². The van der Waals surface area contributed by atoms with E-state index in [4.69, 9.17) is 0 Å². The van der Waals surface area contributed by atoms with Crippen LogP contribution >= 0.6 is 0 Å². The molecule has 17 heavy (non-hydrogen) atoms. The standard InChI is InChI=1S/C15H25NO/c1-12-9-14(17)13(15(2,3)10-12)11-16-7-5-4-6-8-16/h9,13H,4-8,10-11H2,1-3H3. The Morgan fingerprint density at radius 3 is 2.53 bits per heavy atom. The third-order valence-electron chi connectivity index (χ3n) is 4.30. The highest BCUT2D eigenvalue weighted by atomic mass is 16.1. The van der Waals surface area contributed by atoms with Gasteiger partial charge in [-0.05, 0) is 50.8 Å². The minimum absolute atomic E-state index is 0.132. The van der Waals surface area contributed by atoms with Crippen LogP contribution in [-0.2, 0) is 4.79 Å². The number of carbonyl (C=O) groups excluding carboxylic acids is 1. The van der Waals surface area contributed by atoms with E-state index in [1.807, 2.05) is 6.08 Å². The van der Waals surface area contributed by atoms with E-state index < -0.39 is 0 Å². The Morgan fingerprint density at radius 1 is 1.29 bits per heavy atom. The van der Waals surface area contributed by atoms with Crippen LogP contribution in [0.2, 0.25) is 0 Å². The summed E-state index contributed by atoms with van der Waals surface area (Å²) in [5, 5.41) is 0. The van der Waals surface area contributed by atoms with Crippen LogP contribution in [0.25, 0.3) is 0 Å². The van der Waals surface area contributed by atoms with E-state index in [1.165, 1.54) is 37.9 Å². The zero-order valence-electron chi connectivity index (χ0n) is 11.5. The number of piperidine rings is 1. The Bertz CT molecular complexity index is 324. The summed E-state index contributed by atoms with van der Waals surface area (Å²) in [7, 11) is 0. The molecule has 0 saturated carbocycles. The lowest BCUT2D eigenvalue weighted by Gasteiger charge is -2.40. The first kappa shape index (κ1) is 12.8. The van der Waals surface area contributed by atoms with Crippen molar-refractivity contribution in [2.45, 2.75) is 46.5 Å². The van der Waals surface area contributed by atoms with Gasteiger partial charge >= 0.3 is 0 Å². The fourth-order valence-electron chi connectivity index (χ4n) is 3.36. The molecule has 1 saturated heterocycles. The molecule has 2 heteroatoms. The fraction of sp³-hybridized carbons (Fsp3) is 0.800. The summed E-state index contributed by atoms with van der Waals surface area (Å²) in [5.74, 6) is 0.550. The lowest BCUT2D eigenvalue weighted by Crippen LogP contribution is -2.44. The summed E-state index contributed by atoms with van der Waals surface area (Å²) in [4.78, 5) is 14.7. The molecule has 1 fully saturated rings. The molecular formula is C15H25NO. The molecule has 0 bridgehead atoms. The topological polar surface area (TPSA) is 20.3 Å². The molecule has 0 aromatic heterocycles. The Kier molecular flexibility index (Phi) is 3.72. The largest absolute Gasteiger partial charge is 0.303 e. The number of ketones is 1. The fourth-order valence-corrected chi connectivity index (χ4v) is 3.36. The molecule has 2 nitrogen and oxygen atoms in total. The first-order valence-corrected chi connectivity index (χ1v) is 6.92. The number of likely N-dealkylation sites (tertiary alicyclic amines) is 1. The maximum Gasteiger partial charge on any atom is 0.160 e. The third-order valence-corrected chi connectivity index (χ3v) is 4.30. The van der Waals surface area contributed by atoms with E-state index in [9.17, 15) is 4.79 Å². The van der Waals surface area contributed by atoms with Crippen molar-refractivity contribution in [2.24, 2.45) is 11.3 Å². The Labute approximate surface area is 105 Å². The van der Waals surface area contributed by atoms with Gasteiger partial charge in [-0.3, -0.25) is 4.79 Å². The van der Waals surface area contributed by atoms with Crippen LogP contribution in [0.15, 0.2) is 11.6 Å². The highest BCUT2D eigenvalue weighted by Crippen LogP contribution is 2.39. The van der Waals surface area contributed by atoms with Crippen molar-refractivity contribution in [1.82, 2.24) is 4.90 Å². The van der Waals surface area contributed by atoms with Crippen LogP contribution in [-0.4, -0.2) is 30.3 Å². The summed E-state index contributed by atoms with van der Waals surface area (Å²) in [6, 6.07) is 0. The second-order valence-corrected chi connectivity index (χ2v) is 6.47. The van der Waals surface area contributed by atoms with Gasteiger partial charge in [-0.1, -0.05) is 25.8 Å². The summed E-state index contributed by atoms with van der Waals surface area (Å²) >= 11 is 0. The van der Waals surface area contributed by atoms with Crippen LogP contribution in [0.4, 0.5) is 0 Å². The van der Waals surface area contributed by atoms with Crippen LogP contribution in [0.5, 0.6) is 0 Å². The Morgan fingerprint density at radius 2 is 1.94 bits per heavy atom. The van der Waals surface area contributed by atoms with Crippen molar-refractivity contribution >= 4 is 5.78 Å². The molecule has 0 N–H and O–H groups in total. The maximum absolute atomic E-state index is 12.2. The lowest BCUT2D eigenvalue weighted by atomic mass is 9.68. The average Bonchev–Trinajstić information content (AvgIpc) is 2.24. The van der Waals surface area contributed by atoms with Crippen LogP contribution < -0.4 is 0 Å². The molecule has 2 rings (SSSR count). The minimum Gasteiger partial charge on any atom is -0.303 e. The molecule has 1 unspecified atom stereocenters. The second kappa shape index (κ2) is 4.93. The van der Waals surface area contributed by atoms with Gasteiger partial charge in [-0.15, -0.1) is 0 Å². The van der Waals surface area contributed by atoms with Gasteiger partial charge in [0.1, 0.15) is 0 Å². The third kappa shape index (κ3) is 2.98. The number of allylic oxidation sites excluding steroid dienone is 2. The Hall–Kier alpha value is -0.630. The maximum atomic E-state index is 12.2. The monoisotopic (exact) mass is 235 g/mol. The number of carbonyl (C=O) groups is 1. The highest BCUT2D eigenvalue weighted by Gasteiger charge is 2.38. The molecule has 1 atom stereocenters. The zero-order chi connectivity index (χ0) is 12.5. The van der Waals surface area contributed by atoms with Crippen molar-refractivity contribution in [3.63, 3.8) is 0 Å². The van der Waals surface area contributed by atoms with Gasteiger partial charge in [0.15, 0.2) is 5.78 Å². The van der Waals surface area contributed by atoms with Crippen molar-refractivity contribution < 1.29 is 4.79 Å². The molecule has 2 aliphatic rings. The van der Waals surface area contributed by atoms with Crippen molar-refractivity contribution in [3.8, 4) is 0 Å². The summed E-state index contributed by atoms with van der Waals surface area (Å²) in [6.45, 7) is 9.91. The molecule has 0 aromatic carbocycles. The van der Waals surface area contributed by atoms with E-state index in [2.05, 4.69) is 25.7 Å². The number of hydrogen-bond acceptors (Lipinski definition) is 2. The lowest BCUT2D eigenvalue weighted by molar-refractivity contribution is -0.123. The van der Waals surface area contributed by atoms with E-state index in [0.717, 1.165) is 13.0 Å². The predicted octanol–water partition coefficient (Wildman–Crippen LogP) is 3.03. The van der Waals surface area contributed by atoms with E-state index in [-0.39, 0.29) is 11.3 Å². The first-order chi connectivity index (χ1) is 7.99. The predicted molar refractivity (Wildman–Crippen MR) is 70.9 cm³/mol. The van der Waals surface area contributed by atoms with Gasteiger partial charge in [0.2, 0.25) is 0 Å². The molecule has 1 aliphatic heterocycles. The second-order valence-electron chi connectivity index (χ2n) is 6.47. The number of nitrogens with zero attached hydrogens (tertiary/aromatic N) is 1. The zero-order valence-corrected chi connectivity index (χ0v) is 11.5. The van der Waals surface area contributed by atoms with Crippen LogP contribution in [0.1, 0.15) is 46.5 Å². The van der Waals surface area contributed by atoms with Crippen molar-refractivity contribution in [2.75, 3.05) is 19.6 Å². The quantitative estimate of drug-likeness (QED) is 0.733. The summed E-state index contributed by atoms with van der Waals surface area (Å²) in [6.07, 6.45) is 6.90. The number of rotatable bonds is 2.